The van der Waals surface area contributed by atoms with Gasteiger partial charge in [-0.2, -0.15) is 0 Å². The second kappa shape index (κ2) is 7.10. The van der Waals surface area contributed by atoms with E-state index in [0.29, 0.717) is 17.7 Å². The standard InChI is InChI=1S/C19H16O5/c1-2-13-6-8-14(9-7-13)19(21)24-16-5-3-4-15(10-16)18(20)23-12-17-11-22-17/h2-10,17H,1,11-12H2. The summed E-state index contributed by atoms with van der Waals surface area (Å²) in [6.07, 6.45) is 1.70. The molecule has 1 unspecified atom stereocenters. The fraction of sp³-hybridized carbons (Fsp3) is 0.158. The lowest BCUT2D eigenvalue weighted by molar-refractivity contribution is 0.0475. The maximum Gasteiger partial charge on any atom is 0.343 e. The molecule has 1 heterocycles. The molecule has 5 nitrogen and oxygen atoms in total. The Morgan fingerprint density at radius 2 is 1.88 bits per heavy atom. The summed E-state index contributed by atoms with van der Waals surface area (Å²) in [5.41, 5.74) is 1.65. The number of hydrogen-bond donors (Lipinski definition) is 0. The van der Waals surface area contributed by atoms with Crippen molar-refractivity contribution >= 4 is 18.0 Å². The van der Waals surface area contributed by atoms with Crippen molar-refractivity contribution < 1.29 is 23.8 Å². The van der Waals surface area contributed by atoms with Crippen molar-refractivity contribution in [3.8, 4) is 5.75 Å². The number of epoxide rings is 1. The smallest absolute Gasteiger partial charge is 0.343 e. The first kappa shape index (κ1) is 16.0. The molecule has 1 fully saturated rings. The van der Waals surface area contributed by atoms with Gasteiger partial charge in [-0.3, -0.25) is 0 Å². The van der Waals surface area contributed by atoms with Crippen molar-refractivity contribution in [1.29, 1.82) is 0 Å². The van der Waals surface area contributed by atoms with Crippen LogP contribution in [0.3, 0.4) is 0 Å². The maximum atomic E-state index is 12.1. The van der Waals surface area contributed by atoms with Crippen molar-refractivity contribution in [3.63, 3.8) is 0 Å². The second-order valence-electron chi connectivity index (χ2n) is 5.30. The Bertz CT molecular complexity index is 760. The molecule has 5 heteroatoms. The van der Waals surface area contributed by atoms with Crippen molar-refractivity contribution in [2.45, 2.75) is 6.10 Å². The summed E-state index contributed by atoms with van der Waals surface area (Å²) in [6.45, 7) is 4.52. The lowest BCUT2D eigenvalue weighted by Crippen LogP contribution is -2.11. The van der Waals surface area contributed by atoms with Gasteiger partial charge in [0.1, 0.15) is 18.5 Å². The SMILES string of the molecule is C=Cc1ccc(C(=O)Oc2cccc(C(=O)OCC3CO3)c2)cc1. The molecular formula is C19H16O5. The normalized spacial score (nSPS) is 15.4. The first-order valence-corrected chi connectivity index (χ1v) is 7.49. The molecule has 2 aromatic carbocycles. The summed E-state index contributed by atoms with van der Waals surface area (Å²) in [5, 5.41) is 0. The van der Waals surface area contributed by atoms with Crippen LogP contribution in [0.4, 0.5) is 0 Å². The third kappa shape index (κ3) is 4.08. The van der Waals surface area contributed by atoms with E-state index >= 15 is 0 Å². The summed E-state index contributed by atoms with van der Waals surface area (Å²) in [4.78, 5) is 24.1. The largest absolute Gasteiger partial charge is 0.459 e. The molecule has 3 rings (SSSR count). The van der Waals surface area contributed by atoms with Crippen molar-refractivity contribution in [3.05, 3.63) is 71.8 Å². The Morgan fingerprint density at radius 3 is 2.54 bits per heavy atom. The summed E-state index contributed by atoms with van der Waals surface area (Å²) >= 11 is 0. The van der Waals surface area contributed by atoms with Gasteiger partial charge in [-0.25, -0.2) is 9.59 Å². The average Bonchev–Trinajstić information content (AvgIpc) is 3.44. The van der Waals surface area contributed by atoms with Gasteiger partial charge in [-0.05, 0) is 35.9 Å². The molecule has 2 aromatic rings. The Morgan fingerprint density at radius 1 is 1.12 bits per heavy atom. The number of rotatable bonds is 6. The summed E-state index contributed by atoms with van der Waals surface area (Å²) in [7, 11) is 0. The van der Waals surface area contributed by atoms with Crippen LogP contribution >= 0.6 is 0 Å². The highest BCUT2D eigenvalue weighted by molar-refractivity contribution is 5.92. The molecule has 0 aromatic heterocycles. The highest BCUT2D eigenvalue weighted by Crippen LogP contribution is 2.17. The molecule has 1 saturated heterocycles. The number of ether oxygens (including phenoxy) is 3. The molecule has 24 heavy (non-hydrogen) atoms. The molecule has 0 radical (unpaired) electrons. The average molecular weight is 324 g/mol. The number of carbonyl (C=O) groups excluding carboxylic acids is 2. The number of carbonyl (C=O) groups is 2. The van der Waals surface area contributed by atoms with Crippen LogP contribution in [0.1, 0.15) is 26.3 Å². The quantitative estimate of drug-likeness (QED) is 0.464. The van der Waals surface area contributed by atoms with Gasteiger partial charge in [0.15, 0.2) is 0 Å². The summed E-state index contributed by atoms with van der Waals surface area (Å²) in [5.74, 6) is -0.689. The highest BCUT2D eigenvalue weighted by Gasteiger charge is 2.24. The number of benzene rings is 2. The highest BCUT2D eigenvalue weighted by atomic mass is 16.6. The third-order valence-corrected chi connectivity index (χ3v) is 3.47. The van der Waals surface area contributed by atoms with Crippen LogP contribution in [0.25, 0.3) is 6.08 Å². The maximum absolute atomic E-state index is 12.1. The number of hydrogen-bond acceptors (Lipinski definition) is 5. The van der Waals surface area contributed by atoms with Gasteiger partial charge in [0.25, 0.3) is 0 Å². The van der Waals surface area contributed by atoms with Gasteiger partial charge in [-0.1, -0.05) is 30.9 Å². The molecule has 0 bridgehead atoms. The van der Waals surface area contributed by atoms with Crippen LogP contribution in [0.15, 0.2) is 55.1 Å². The summed E-state index contributed by atoms with van der Waals surface area (Å²) < 4.78 is 15.4. The van der Waals surface area contributed by atoms with Gasteiger partial charge in [0.2, 0.25) is 0 Å². The fourth-order valence-corrected chi connectivity index (χ4v) is 2.02. The minimum atomic E-state index is -0.498. The third-order valence-electron chi connectivity index (χ3n) is 3.47. The predicted molar refractivity (Wildman–Crippen MR) is 88.0 cm³/mol. The Balaban J connectivity index is 1.65. The van der Waals surface area contributed by atoms with E-state index in [1.807, 2.05) is 0 Å². The topological polar surface area (TPSA) is 65.1 Å². The van der Waals surface area contributed by atoms with Crippen LogP contribution in [0, 0.1) is 0 Å². The summed E-state index contributed by atoms with van der Waals surface area (Å²) in [6, 6.07) is 13.2. The molecule has 0 saturated carbocycles. The first-order chi connectivity index (χ1) is 11.7. The monoisotopic (exact) mass is 324 g/mol. The van der Waals surface area contributed by atoms with E-state index in [1.165, 1.54) is 6.07 Å². The zero-order valence-electron chi connectivity index (χ0n) is 12.9. The lowest BCUT2D eigenvalue weighted by Gasteiger charge is -2.07. The van der Waals surface area contributed by atoms with E-state index in [2.05, 4.69) is 6.58 Å². The molecule has 1 aliphatic heterocycles. The predicted octanol–water partition coefficient (Wildman–Crippen LogP) is 3.10. The van der Waals surface area contributed by atoms with Crippen molar-refractivity contribution in [2.24, 2.45) is 0 Å². The van der Waals surface area contributed by atoms with Gasteiger partial charge in [0.05, 0.1) is 17.7 Å². The molecule has 0 amide bonds. The molecule has 122 valence electrons. The van der Waals surface area contributed by atoms with Gasteiger partial charge in [0, 0.05) is 0 Å². The lowest BCUT2D eigenvalue weighted by atomic mass is 10.1. The zero-order valence-corrected chi connectivity index (χ0v) is 12.9. The molecule has 0 spiro atoms. The van der Waals surface area contributed by atoms with E-state index in [4.69, 9.17) is 14.2 Å². The zero-order chi connectivity index (χ0) is 16.9. The molecule has 1 atom stereocenters. The van der Waals surface area contributed by atoms with Crippen molar-refractivity contribution in [1.82, 2.24) is 0 Å². The Labute approximate surface area is 139 Å². The van der Waals surface area contributed by atoms with Crippen LogP contribution < -0.4 is 4.74 Å². The van der Waals surface area contributed by atoms with Crippen LogP contribution in [-0.4, -0.2) is 31.3 Å². The van der Waals surface area contributed by atoms with Gasteiger partial charge < -0.3 is 14.2 Å². The van der Waals surface area contributed by atoms with Gasteiger partial charge >= 0.3 is 11.9 Å². The van der Waals surface area contributed by atoms with Crippen LogP contribution in [-0.2, 0) is 9.47 Å². The molecular weight excluding hydrogens is 308 g/mol. The number of esters is 2. The van der Waals surface area contributed by atoms with E-state index < -0.39 is 11.9 Å². The van der Waals surface area contributed by atoms with Gasteiger partial charge in [-0.15, -0.1) is 0 Å². The first-order valence-electron chi connectivity index (χ1n) is 7.49. The van der Waals surface area contributed by atoms with E-state index in [-0.39, 0.29) is 18.5 Å². The molecule has 0 N–H and O–H groups in total. The second-order valence-corrected chi connectivity index (χ2v) is 5.30. The molecule has 1 aliphatic rings. The van der Waals surface area contributed by atoms with E-state index in [1.54, 1.807) is 48.5 Å². The van der Waals surface area contributed by atoms with E-state index in [9.17, 15) is 9.59 Å². The minimum absolute atomic E-state index is 0.00787. The van der Waals surface area contributed by atoms with Crippen LogP contribution in [0.2, 0.25) is 0 Å². The molecule has 0 aliphatic carbocycles. The van der Waals surface area contributed by atoms with E-state index in [0.717, 1.165) is 5.56 Å². The van der Waals surface area contributed by atoms with Crippen molar-refractivity contribution in [2.75, 3.05) is 13.2 Å². The Hall–Kier alpha value is -2.92. The Kier molecular flexibility index (Phi) is 4.72. The minimum Gasteiger partial charge on any atom is -0.459 e. The van der Waals surface area contributed by atoms with Crippen LogP contribution in [0.5, 0.6) is 5.75 Å². The fourth-order valence-electron chi connectivity index (χ4n) is 2.02.